The summed E-state index contributed by atoms with van der Waals surface area (Å²) in [5.74, 6) is -0.580. The van der Waals surface area contributed by atoms with Crippen molar-refractivity contribution in [2.24, 2.45) is 0 Å². The molecule has 1 aromatic rings. The first-order chi connectivity index (χ1) is 7.65. The fraction of sp³-hybridized carbons (Fsp3) is 0.0909. The predicted molar refractivity (Wildman–Crippen MR) is 62.5 cm³/mol. The fourth-order valence-electron chi connectivity index (χ4n) is 1.36. The maximum absolute atomic E-state index is 11.1. The van der Waals surface area contributed by atoms with E-state index >= 15 is 0 Å². The maximum atomic E-state index is 11.1. The molecule has 0 atom stereocenters. The monoisotopic (exact) mass is 235 g/mol. The Morgan fingerprint density at radius 2 is 2.31 bits per heavy atom. The van der Waals surface area contributed by atoms with Crippen LogP contribution in [0.1, 0.15) is 5.56 Å². The van der Waals surface area contributed by atoms with Crippen molar-refractivity contribution in [3.8, 4) is 0 Å². The predicted octanol–water partition coefficient (Wildman–Crippen LogP) is 1.83. The Balaban J connectivity index is 2.26. The molecule has 5 heteroatoms. The average molecular weight is 235 g/mol. The van der Waals surface area contributed by atoms with Gasteiger partial charge in [-0.15, -0.1) is 11.8 Å². The van der Waals surface area contributed by atoms with Gasteiger partial charge in [-0.05, 0) is 23.8 Å². The normalized spacial score (nSPS) is 14.6. The molecule has 0 unspecified atom stereocenters. The first kappa shape index (κ1) is 10.8. The minimum atomic E-state index is -0.973. The summed E-state index contributed by atoms with van der Waals surface area (Å²) >= 11 is 1.45. The van der Waals surface area contributed by atoms with E-state index in [1.807, 2.05) is 6.07 Å². The molecule has 0 saturated carbocycles. The third-order valence-corrected chi connectivity index (χ3v) is 3.11. The molecule has 0 aromatic heterocycles. The number of hydrogen-bond donors (Lipinski definition) is 2. The topological polar surface area (TPSA) is 66.4 Å². The minimum absolute atomic E-state index is 0.00803. The van der Waals surface area contributed by atoms with E-state index in [2.05, 4.69) is 5.32 Å². The summed E-state index contributed by atoms with van der Waals surface area (Å²) in [7, 11) is 0. The maximum Gasteiger partial charge on any atom is 0.328 e. The molecule has 1 aliphatic rings. The summed E-state index contributed by atoms with van der Waals surface area (Å²) in [6.45, 7) is 0. The Morgan fingerprint density at radius 1 is 1.50 bits per heavy atom. The van der Waals surface area contributed by atoms with Gasteiger partial charge in [0.2, 0.25) is 5.91 Å². The van der Waals surface area contributed by atoms with E-state index in [0.29, 0.717) is 5.75 Å². The van der Waals surface area contributed by atoms with E-state index < -0.39 is 5.97 Å². The van der Waals surface area contributed by atoms with Crippen molar-refractivity contribution in [2.75, 3.05) is 11.1 Å². The molecule has 0 fully saturated rings. The highest BCUT2D eigenvalue weighted by Crippen LogP contribution is 2.32. The molecule has 2 rings (SSSR count). The number of thioether (sulfide) groups is 1. The molecule has 82 valence electrons. The Hall–Kier alpha value is -1.75. The van der Waals surface area contributed by atoms with Gasteiger partial charge in [0.15, 0.2) is 0 Å². The second-order valence-corrected chi connectivity index (χ2v) is 4.28. The van der Waals surface area contributed by atoms with Crippen molar-refractivity contribution in [1.29, 1.82) is 0 Å². The number of anilines is 1. The van der Waals surface area contributed by atoms with Crippen LogP contribution < -0.4 is 5.32 Å². The van der Waals surface area contributed by atoms with Gasteiger partial charge in [0, 0.05) is 11.0 Å². The van der Waals surface area contributed by atoms with Gasteiger partial charge in [-0.25, -0.2) is 4.79 Å². The Labute approximate surface area is 96.4 Å². The first-order valence-corrected chi connectivity index (χ1v) is 5.61. The summed E-state index contributed by atoms with van der Waals surface area (Å²) in [6.07, 6.45) is 2.62. The lowest BCUT2D eigenvalue weighted by molar-refractivity contribution is -0.131. The number of amides is 1. The van der Waals surface area contributed by atoms with Crippen LogP contribution in [-0.4, -0.2) is 22.7 Å². The number of fused-ring (bicyclic) bond motifs is 1. The molecular formula is C11H9NO3S. The second kappa shape index (κ2) is 4.40. The molecule has 0 radical (unpaired) electrons. The van der Waals surface area contributed by atoms with Crippen LogP contribution in [0.25, 0.3) is 6.08 Å². The molecule has 1 aliphatic heterocycles. The van der Waals surface area contributed by atoms with Gasteiger partial charge >= 0.3 is 5.97 Å². The lowest BCUT2D eigenvalue weighted by Gasteiger charge is -2.16. The molecule has 0 spiro atoms. The zero-order valence-corrected chi connectivity index (χ0v) is 9.08. The van der Waals surface area contributed by atoms with E-state index in [-0.39, 0.29) is 5.91 Å². The van der Waals surface area contributed by atoms with Crippen LogP contribution >= 0.6 is 11.8 Å². The number of nitrogens with one attached hydrogen (secondary N) is 1. The summed E-state index contributed by atoms with van der Waals surface area (Å²) in [5.41, 5.74) is 1.60. The number of carboxylic acid groups (broad SMARTS) is 1. The summed E-state index contributed by atoms with van der Waals surface area (Å²) < 4.78 is 0. The van der Waals surface area contributed by atoms with Crippen LogP contribution in [0.2, 0.25) is 0 Å². The number of rotatable bonds is 2. The number of benzene rings is 1. The Bertz CT molecular complexity index is 482. The Morgan fingerprint density at radius 3 is 3.06 bits per heavy atom. The molecule has 1 heterocycles. The van der Waals surface area contributed by atoms with Gasteiger partial charge in [0.25, 0.3) is 0 Å². The van der Waals surface area contributed by atoms with Crippen molar-refractivity contribution in [3.63, 3.8) is 0 Å². The van der Waals surface area contributed by atoms with Crippen LogP contribution in [0, 0.1) is 0 Å². The second-order valence-electron chi connectivity index (χ2n) is 3.26. The number of carbonyl (C=O) groups is 2. The van der Waals surface area contributed by atoms with Gasteiger partial charge in [-0.2, -0.15) is 0 Å². The van der Waals surface area contributed by atoms with E-state index in [9.17, 15) is 9.59 Å². The first-order valence-electron chi connectivity index (χ1n) is 4.63. The highest BCUT2D eigenvalue weighted by atomic mass is 32.2. The van der Waals surface area contributed by atoms with Crippen LogP contribution in [0.5, 0.6) is 0 Å². The van der Waals surface area contributed by atoms with E-state index in [1.165, 1.54) is 17.8 Å². The third kappa shape index (κ3) is 2.43. The fourth-order valence-corrected chi connectivity index (χ4v) is 2.22. The number of aliphatic carboxylic acids is 1. The van der Waals surface area contributed by atoms with Gasteiger partial charge in [-0.1, -0.05) is 6.07 Å². The molecule has 4 nitrogen and oxygen atoms in total. The molecule has 0 aliphatic carbocycles. The van der Waals surface area contributed by atoms with E-state index in [0.717, 1.165) is 22.2 Å². The van der Waals surface area contributed by atoms with Crippen LogP contribution in [0.3, 0.4) is 0 Å². The SMILES string of the molecule is O=C(O)/C=C/c1ccc2c(c1)SCC(=O)N2. The van der Waals surface area contributed by atoms with Crippen LogP contribution in [0.4, 0.5) is 5.69 Å². The van der Waals surface area contributed by atoms with Gasteiger partial charge in [0.05, 0.1) is 11.4 Å². The standard InChI is InChI=1S/C11H9NO3S/c13-10-6-16-9-5-7(2-4-11(14)15)1-3-8(9)12-10/h1-5H,6H2,(H,12,13)(H,14,15)/b4-2+. The number of carboxylic acids is 1. The number of carbonyl (C=O) groups excluding carboxylic acids is 1. The van der Waals surface area contributed by atoms with Crippen molar-refractivity contribution in [2.45, 2.75) is 4.90 Å². The largest absolute Gasteiger partial charge is 0.478 e. The zero-order valence-electron chi connectivity index (χ0n) is 8.27. The van der Waals surface area contributed by atoms with E-state index in [4.69, 9.17) is 5.11 Å². The summed E-state index contributed by atoms with van der Waals surface area (Å²) in [5, 5.41) is 11.3. The highest BCUT2D eigenvalue weighted by Gasteiger charge is 2.14. The average Bonchev–Trinajstić information content (AvgIpc) is 2.26. The molecule has 0 saturated heterocycles. The molecule has 1 aromatic carbocycles. The smallest absolute Gasteiger partial charge is 0.328 e. The summed E-state index contributed by atoms with van der Waals surface area (Å²) in [6, 6.07) is 5.41. The lowest BCUT2D eigenvalue weighted by Crippen LogP contribution is -2.18. The number of hydrogen-bond acceptors (Lipinski definition) is 3. The third-order valence-electron chi connectivity index (χ3n) is 2.06. The van der Waals surface area contributed by atoms with Crippen molar-refractivity contribution < 1.29 is 14.7 Å². The highest BCUT2D eigenvalue weighted by molar-refractivity contribution is 8.00. The quantitative estimate of drug-likeness (QED) is 0.767. The van der Waals surface area contributed by atoms with Crippen molar-refractivity contribution >= 4 is 35.4 Å². The van der Waals surface area contributed by atoms with Crippen molar-refractivity contribution in [3.05, 3.63) is 29.8 Å². The minimum Gasteiger partial charge on any atom is -0.478 e. The van der Waals surface area contributed by atoms with Crippen LogP contribution in [-0.2, 0) is 9.59 Å². The lowest BCUT2D eigenvalue weighted by atomic mass is 10.2. The Kier molecular flexibility index (Phi) is 2.96. The molecule has 1 amide bonds. The van der Waals surface area contributed by atoms with Gasteiger partial charge < -0.3 is 10.4 Å². The molecule has 0 bridgehead atoms. The van der Waals surface area contributed by atoms with Gasteiger partial charge in [-0.3, -0.25) is 4.79 Å². The molecule has 16 heavy (non-hydrogen) atoms. The van der Waals surface area contributed by atoms with E-state index in [1.54, 1.807) is 12.1 Å². The van der Waals surface area contributed by atoms with Gasteiger partial charge in [0.1, 0.15) is 0 Å². The molecular weight excluding hydrogens is 226 g/mol. The zero-order chi connectivity index (χ0) is 11.5. The summed E-state index contributed by atoms with van der Waals surface area (Å²) in [4.78, 5) is 22.4. The van der Waals surface area contributed by atoms with Crippen LogP contribution in [0.15, 0.2) is 29.2 Å². The molecule has 2 N–H and O–H groups in total. The van der Waals surface area contributed by atoms with Crippen molar-refractivity contribution in [1.82, 2.24) is 0 Å².